The van der Waals surface area contributed by atoms with Crippen LogP contribution in [0.4, 0.5) is 0 Å². The van der Waals surface area contributed by atoms with Gasteiger partial charge in [-0.1, -0.05) is 18.2 Å². The number of ether oxygens (including phenoxy) is 2. The van der Waals surface area contributed by atoms with Crippen molar-refractivity contribution >= 4 is 0 Å². The Morgan fingerprint density at radius 1 is 0.840 bits per heavy atom. The van der Waals surface area contributed by atoms with Gasteiger partial charge in [0, 0.05) is 39.3 Å². The number of benzene rings is 2. The molecule has 0 saturated carbocycles. The highest BCUT2D eigenvalue weighted by Crippen LogP contribution is 2.32. The van der Waals surface area contributed by atoms with Crippen LogP contribution in [-0.2, 0) is 13.1 Å². The molecule has 0 radical (unpaired) electrons. The van der Waals surface area contributed by atoms with Crippen LogP contribution in [0.5, 0.6) is 11.5 Å². The summed E-state index contributed by atoms with van der Waals surface area (Å²) < 4.78 is 10.8. The zero-order chi connectivity index (χ0) is 17.1. The molecule has 2 aliphatic heterocycles. The van der Waals surface area contributed by atoms with Gasteiger partial charge in [-0.25, -0.2) is 0 Å². The number of rotatable bonds is 4. The smallest absolute Gasteiger partial charge is 0.231 e. The van der Waals surface area contributed by atoms with Crippen molar-refractivity contribution in [1.82, 2.24) is 9.80 Å². The van der Waals surface area contributed by atoms with E-state index < -0.39 is 0 Å². The molecule has 0 bridgehead atoms. The Morgan fingerprint density at radius 3 is 2.24 bits per heavy atom. The van der Waals surface area contributed by atoms with Crippen LogP contribution in [0.25, 0.3) is 0 Å². The van der Waals surface area contributed by atoms with Crippen molar-refractivity contribution in [2.24, 2.45) is 0 Å². The Bertz CT molecular complexity index is 792. The molecule has 1 saturated heterocycles. The Balaban J connectivity index is 1.30. The Labute approximate surface area is 148 Å². The minimum absolute atomic E-state index is 0.324. The maximum absolute atomic E-state index is 9.01. The quantitative estimate of drug-likeness (QED) is 0.860. The molecule has 2 heterocycles. The van der Waals surface area contributed by atoms with Crippen LogP contribution >= 0.6 is 0 Å². The van der Waals surface area contributed by atoms with Gasteiger partial charge in [-0.15, -0.1) is 0 Å². The van der Waals surface area contributed by atoms with Crippen LogP contribution in [0.3, 0.4) is 0 Å². The summed E-state index contributed by atoms with van der Waals surface area (Å²) in [5.74, 6) is 1.70. The molecule has 128 valence electrons. The number of piperazine rings is 1. The molecule has 0 aromatic heterocycles. The fourth-order valence-electron chi connectivity index (χ4n) is 3.40. The van der Waals surface area contributed by atoms with Gasteiger partial charge in [-0.2, -0.15) is 5.26 Å². The lowest BCUT2D eigenvalue weighted by Crippen LogP contribution is -2.45. The van der Waals surface area contributed by atoms with E-state index in [0.29, 0.717) is 6.79 Å². The van der Waals surface area contributed by atoms with E-state index in [-0.39, 0.29) is 0 Å². The molecule has 4 rings (SSSR count). The number of fused-ring (bicyclic) bond motifs is 1. The number of nitriles is 1. The molecule has 0 aliphatic carbocycles. The SMILES string of the molecule is N#Cc1cccc(CN2CCN(Cc3ccc4c(c3)OCO4)CC2)c1. The van der Waals surface area contributed by atoms with Crippen molar-refractivity contribution in [3.63, 3.8) is 0 Å². The van der Waals surface area contributed by atoms with Crippen molar-refractivity contribution in [2.45, 2.75) is 13.1 Å². The van der Waals surface area contributed by atoms with Gasteiger partial charge < -0.3 is 9.47 Å². The first kappa shape index (κ1) is 15.9. The second-order valence-corrected chi connectivity index (χ2v) is 6.55. The van der Waals surface area contributed by atoms with E-state index in [2.05, 4.69) is 34.1 Å². The maximum Gasteiger partial charge on any atom is 0.231 e. The average Bonchev–Trinajstić information content (AvgIpc) is 3.11. The summed E-state index contributed by atoms with van der Waals surface area (Å²) >= 11 is 0. The molecule has 2 aromatic carbocycles. The summed E-state index contributed by atoms with van der Waals surface area (Å²) in [5.41, 5.74) is 3.21. The normalized spacial score (nSPS) is 17.4. The third kappa shape index (κ3) is 3.76. The van der Waals surface area contributed by atoms with E-state index in [1.807, 2.05) is 24.3 Å². The van der Waals surface area contributed by atoms with Gasteiger partial charge in [0.2, 0.25) is 6.79 Å². The van der Waals surface area contributed by atoms with E-state index in [1.165, 1.54) is 11.1 Å². The van der Waals surface area contributed by atoms with Gasteiger partial charge in [0.05, 0.1) is 11.6 Å². The summed E-state index contributed by atoms with van der Waals surface area (Å²) in [7, 11) is 0. The standard InChI is InChI=1S/C20H21N3O2/c21-12-16-2-1-3-17(10-16)13-22-6-8-23(9-7-22)14-18-4-5-19-20(11-18)25-15-24-19/h1-5,10-11H,6-9,13-15H2. The Hall–Kier alpha value is -2.55. The molecule has 0 spiro atoms. The molecule has 2 aromatic rings. The molecule has 5 nitrogen and oxygen atoms in total. The zero-order valence-corrected chi connectivity index (χ0v) is 14.1. The fraction of sp³-hybridized carbons (Fsp3) is 0.350. The molecule has 0 N–H and O–H groups in total. The maximum atomic E-state index is 9.01. The largest absolute Gasteiger partial charge is 0.454 e. The molecular weight excluding hydrogens is 314 g/mol. The van der Waals surface area contributed by atoms with Crippen LogP contribution in [0.1, 0.15) is 16.7 Å². The molecular formula is C20H21N3O2. The van der Waals surface area contributed by atoms with Gasteiger partial charge in [0.25, 0.3) is 0 Å². The van der Waals surface area contributed by atoms with Crippen LogP contribution in [-0.4, -0.2) is 42.8 Å². The molecule has 0 unspecified atom stereocenters. The third-order valence-electron chi connectivity index (χ3n) is 4.77. The van der Waals surface area contributed by atoms with Crippen molar-refractivity contribution in [2.75, 3.05) is 33.0 Å². The lowest BCUT2D eigenvalue weighted by Gasteiger charge is -2.34. The third-order valence-corrected chi connectivity index (χ3v) is 4.77. The van der Waals surface area contributed by atoms with Crippen molar-refractivity contribution in [3.05, 3.63) is 59.2 Å². The van der Waals surface area contributed by atoms with Crippen molar-refractivity contribution in [1.29, 1.82) is 5.26 Å². The first-order chi connectivity index (χ1) is 12.3. The summed E-state index contributed by atoms with van der Waals surface area (Å²) in [6.45, 7) is 6.35. The first-order valence-corrected chi connectivity index (χ1v) is 8.62. The highest BCUT2D eigenvalue weighted by Gasteiger charge is 2.19. The van der Waals surface area contributed by atoms with Crippen LogP contribution in [0.2, 0.25) is 0 Å². The second-order valence-electron chi connectivity index (χ2n) is 6.55. The summed E-state index contributed by atoms with van der Waals surface area (Å²) in [4.78, 5) is 4.92. The Kier molecular flexibility index (Phi) is 4.55. The zero-order valence-electron chi connectivity index (χ0n) is 14.1. The fourth-order valence-corrected chi connectivity index (χ4v) is 3.40. The number of hydrogen-bond acceptors (Lipinski definition) is 5. The van der Waals surface area contributed by atoms with Gasteiger partial charge in [0.15, 0.2) is 11.5 Å². The lowest BCUT2D eigenvalue weighted by molar-refractivity contribution is 0.122. The molecule has 25 heavy (non-hydrogen) atoms. The van der Waals surface area contributed by atoms with Crippen molar-refractivity contribution in [3.8, 4) is 17.6 Å². The molecule has 5 heteroatoms. The monoisotopic (exact) mass is 335 g/mol. The van der Waals surface area contributed by atoms with Crippen LogP contribution in [0, 0.1) is 11.3 Å². The molecule has 0 amide bonds. The molecule has 2 aliphatic rings. The number of nitrogens with zero attached hydrogens (tertiary/aromatic N) is 3. The Morgan fingerprint density at radius 2 is 1.52 bits per heavy atom. The van der Waals surface area contributed by atoms with E-state index in [0.717, 1.165) is 56.3 Å². The van der Waals surface area contributed by atoms with E-state index in [9.17, 15) is 0 Å². The van der Waals surface area contributed by atoms with Gasteiger partial charge >= 0.3 is 0 Å². The van der Waals surface area contributed by atoms with Crippen LogP contribution < -0.4 is 9.47 Å². The summed E-state index contributed by atoms with van der Waals surface area (Å²) in [5, 5.41) is 9.01. The van der Waals surface area contributed by atoms with Gasteiger partial charge in [-0.05, 0) is 35.4 Å². The lowest BCUT2D eigenvalue weighted by atomic mass is 10.1. The molecule has 1 fully saturated rings. The summed E-state index contributed by atoms with van der Waals surface area (Å²) in [6.07, 6.45) is 0. The minimum Gasteiger partial charge on any atom is -0.454 e. The van der Waals surface area contributed by atoms with Crippen LogP contribution in [0.15, 0.2) is 42.5 Å². The highest BCUT2D eigenvalue weighted by molar-refractivity contribution is 5.44. The van der Waals surface area contributed by atoms with Gasteiger partial charge in [0.1, 0.15) is 0 Å². The number of hydrogen-bond donors (Lipinski definition) is 0. The summed E-state index contributed by atoms with van der Waals surface area (Å²) in [6, 6.07) is 16.3. The highest BCUT2D eigenvalue weighted by atomic mass is 16.7. The van der Waals surface area contributed by atoms with Gasteiger partial charge in [-0.3, -0.25) is 9.80 Å². The first-order valence-electron chi connectivity index (χ1n) is 8.62. The minimum atomic E-state index is 0.324. The topological polar surface area (TPSA) is 48.7 Å². The predicted octanol–water partition coefficient (Wildman–Crippen LogP) is 2.60. The second kappa shape index (κ2) is 7.14. The average molecular weight is 335 g/mol. The van der Waals surface area contributed by atoms with Crippen molar-refractivity contribution < 1.29 is 9.47 Å². The van der Waals surface area contributed by atoms with E-state index in [1.54, 1.807) is 0 Å². The molecule has 0 atom stereocenters. The van der Waals surface area contributed by atoms with E-state index >= 15 is 0 Å². The predicted molar refractivity (Wildman–Crippen MR) is 94.3 cm³/mol. The van der Waals surface area contributed by atoms with E-state index in [4.69, 9.17) is 14.7 Å².